The molecule has 0 saturated carbocycles. The van der Waals surface area contributed by atoms with E-state index in [-0.39, 0.29) is 26.4 Å². The van der Waals surface area contributed by atoms with Gasteiger partial charge in [0.15, 0.2) is 0 Å². The van der Waals surface area contributed by atoms with Crippen molar-refractivity contribution in [2.45, 2.75) is 46.1 Å². The van der Waals surface area contributed by atoms with Crippen molar-refractivity contribution < 1.29 is 27.2 Å². The molecule has 1 rings (SSSR count). The van der Waals surface area contributed by atoms with Crippen LogP contribution >= 0.6 is 31.1 Å². The number of nitrogens with one attached hydrogen (secondary N) is 1. The summed E-state index contributed by atoms with van der Waals surface area (Å²) in [5.41, 5.74) is -0.266. The molecule has 0 aromatic carbocycles. The molecule has 0 saturated heterocycles. The van der Waals surface area contributed by atoms with Gasteiger partial charge in [0.1, 0.15) is 5.82 Å². The molecule has 1 aromatic heterocycles. The fourth-order valence-electron chi connectivity index (χ4n) is 2.47. The quantitative estimate of drug-likeness (QED) is 0.244. The maximum Gasteiger partial charge on any atom is 0.365 e. The summed E-state index contributed by atoms with van der Waals surface area (Å²) in [5.74, 6) is 0.381. The highest BCUT2D eigenvalue weighted by atomic mass is 79.9. The number of hydrogen-bond acceptors (Lipinski definition) is 8. The van der Waals surface area contributed by atoms with Crippen LogP contribution in [0.4, 0.5) is 5.82 Å². The molecule has 11 heteroatoms. The number of rotatable bonds is 15. The summed E-state index contributed by atoms with van der Waals surface area (Å²) in [4.78, 5) is 4.35. The van der Waals surface area contributed by atoms with E-state index in [0.29, 0.717) is 5.82 Å². The number of aryl methyl sites for hydroxylation is 1. The molecule has 1 heterocycles. The van der Waals surface area contributed by atoms with Crippen molar-refractivity contribution >= 4 is 36.9 Å². The zero-order chi connectivity index (χ0) is 21.0. The molecule has 0 spiro atoms. The third-order valence-electron chi connectivity index (χ3n) is 3.54. The van der Waals surface area contributed by atoms with Gasteiger partial charge in [0.05, 0.1) is 26.4 Å². The molecule has 0 bridgehead atoms. The number of pyridine rings is 1. The Morgan fingerprint density at radius 3 is 1.82 bits per heavy atom. The number of aromatic nitrogens is 1. The fourth-order valence-corrected chi connectivity index (χ4v) is 7.67. The number of alkyl halides is 1. The summed E-state index contributed by atoms with van der Waals surface area (Å²) in [6.45, 7) is 7.22. The van der Waals surface area contributed by atoms with E-state index in [4.69, 9.17) is 18.1 Å². The summed E-state index contributed by atoms with van der Waals surface area (Å²) < 4.78 is 48.6. The van der Waals surface area contributed by atoms with Gasteiger partial charge in [-0.3, -0.25) is 9.13 Å². The van der Waals surface area contributed by atoms with Crippen molar-refractivity contribution in [1.29, 1.82) is 0 Å². The SMILES string of the molecule is CCOP(=O)(OCC)C(Nc1ccc(CCCBr)cn1)P(=O)(OCC)OCC. The molecule has 1 N–H and O–H groups in total. The van der Waals surface area contributed by atoms with E-state index in [1.165, 1.54) is 0 Å². The van der Waals surface area contributed by atoms with Crippen LogP contribution in [0.2, 0.25) is 0 Å². The predicted molar refractivity (Wildman–Crippen MR) is 115 cm³/mol. The molecule has 0 aliphatic carbocycles. The first-order valence-corrected chi connectivity index (χ1v) is 13.8. The molecule has 0 atom stereocenters. The maximum absolute atomic E-state index is 13.5. The fraction of sp³-hybridized carbons (Fsp3) is 0.706. The van der Waals surface area contributed by atoms with Crippen molar-refractivity contribution in [1.82, 2.24) is 4.98 Å². The summed E-state index contributed by atoms with van der Waals surface area (Å²) in [6.07, 6.45) is 3.60. The van der Waals surface area contributed by atoms with E-state index in [2.05, 4.69) is 26.2 Å². The first-order valence-electron chi connectivity index (χ1n) is 9.44. The van der Waals surface area contributed by atoms with Crippen molar-refractivity contribution in [3.05, 3.63) is 23.9 Å². The zero-order valence-electron chi connectivity index (χ0n) is 16.9. The van der Waals surface area contributed by atoms with Gasteiger partial charge in [-0.15, -0.1) is 0 Å². The van der Waals surface area contributed by atoms with Gasteiger partial charge in [0.25, 0.3) is 0 Å². The van der Waals surface area contributed by atoms with Crippen LogP contribution in [0.3, 0.4) is 0 Å². The lowest BCUT2D eigenvalue weighted by Crippen LogP contribution is -2.26. The second kappa shape index (κ2) is 13.1. The van der Waals surface area contributed by atoms with Gasteiger partial charge in [-0.2, -0.15) is 0 Å². The van der Waals surface area contributed by atoms with E-state index in [1.807, 2.05) is 6.07 Å². The topological polar surface area (TPSA) is 96.0 Å². The number of anilines is 1. The lowest BCUT2D eigenvalue weighted by molar-refractivity contribution is 0.198. The second-order valence-corrected chi connectivity index (χ2v) is 11.0. The van der Waals surface area contributed by atoms with Gasteiger partial charge < -0.3 is 23.4 Å². The summed E-state index contributed by atoms with van der Waals surface area (Å²) in [7, 11) is -7.75. The smallest absolute Gasteiger partial charge is 0.346 e. The summed E-state index contributed by atoms with van der Waals surface area (Å²) >= 11 is 3.41. The molecule has 0 fully saturated rings. The first-order chi connectivity index (χ1) is 13.4. The monoisotopic (exact) mass is 500 g/mol. The normalized spacial score (nSPS) is 12.5. The van der Waals surface area contributed by atoms with E-state index in [1.54, 1.807) is 40.0 Å². The Morgan fingerprint density at radius 1 is 0.964 bits per heavy atom. The predicted octanol–water partition coefficient (Wildman–Crippen LogP) is 5.64. The Balaban J connectivity index is 3.25. The molecule has 0 radical (unpaired) electrons. The van der Waals surface area contributed by atoms with Crippen molar-refractivity contribution in [2.75, 3.05) is 37.1 Å². The van der Waals surface area contributed by atoms with Gasteiger partial charge in [0.2, 0.25) is 5.52 Å². The number of halogens is 1. The zero-order valence-corrected chi connectivity index (χ0v) is 20.3. The standard InChI is InChI=1S/C17H31BrN2O6P2/c1-5-23-27(21,24-6-2)17(28(22,25-7-3)26-8-4)20-16-12-11-15(14-19-16)10-9-13-18/h11-12,14,17H,5-10,13H2,1-4H3,(H,19,20). The Labute approximate surface area is 176 Å². The van der Waals surface area contributed by atoms with Crippen LogP contribution in [0.15, 0.2) is 18.3 Å². The Morgan fingerprint density at radius 2 is 1.46 bits per heavy atom. The second-order valence-electron chi connectivity index (χ2n) is 5.61. The van der Waals surface area contributed by atoms with Gasteiger partial charge in [-0.1, -0.05) is 22.0 Å². The molecular formula is C17H31BrN2O6P2. The number of hydrogen-bond donors (Lipinski definition) is 1. The van der Waals surface area contributed by atoms with Gasteiger partial charge in [0, 0.05) is 11.5 Å². The Bertz CT molecular complexity index is 612. The minimum absolute atomic E-state index is 0.118. The molecule has 8 nitrogen and oxygen atoms in total. The van der Waals surface area contributed by atoms with Crippen LogP contribution in [0.5, 0.6) is 0 Å². The van der Waals surface area contributed by atoms with Crippen LogP contribution in [0.1, 0.15) is 39.7 Å². The Kier molecular flexibility index (Phi) is 12.1. The molecule has 28 heavy (non-hydrogen) atoms. The van der Waals surface area contributed by atoms with Crippen LogP contribution in [-0.4, -0.2) is 42.3 Å². The third kappa shape index (κ3) is 7.52. The molecule has 0 unspecified atom stereocenters. The summed E-state index contributed by atoms with van der Waals surface area (Å²) in [6, 6.07) is 3.65. The number of nitrogens with zero attached hydrogens (tertiary/aromatic N) is 1. The minimum Gasteiger partial charge on any atom is -0.346 e. The van der Waals surface area contributed by atoms with Crippen LogP contribution in [0, 0.1) is 0 Å². The van der Waals surface area contributed by atoms with Gasteiger partial charge in [-0.05, 0) is 52.2 Å². The highest BCUT2D eigenvalue weighted by molar-refractivity contribution is 9.09. The first kappa shape index (κ1) is 25.8. The van der Waals surface area contributed by atoms with Crippen molar-refractivity contribution in [2.24, 2.45) is 0 Å². The lowest BCUT2D eigenvalue weighted by atomic mass is 10.2. The molecule has 0 amide bonds. The molecule has 1 aromatic rings. The Hall–Kier alpha value is -0.270. The van der Waals surface area contributed by atoms with Crippen molar-refractivity contribution in [3.63, 3.8) is 0 Å². The largest absolute Gasteiger partial charge is 0.365 e. The maximum atomic E-state index is 13.5. The average molecular weight is 501 g/mol. The third-order valence-corrected chi connectivity index (χ3v) is 9.72. The van der Waals surface area contributed by atoms with Crippen LogP contribution in [-0.2, 0) is 33.6 Å². The van der Waals surface area contributed by atoms with Gasteiger partial charge >= 0.3 is 15.2 Å². The molecular weight excluding hydrogens is 470 g/mol. The van der Waals surface area contributed by atoms with Crippen LogP contribution < -0.4 is 5.32 Å². The van der Waals surface area contributed by atoms with Crippen LogP contribution in [0.25, 0.3) is 0 Å². The van der Waals surface area contributed by atoms with Crippen molar-refractivity contribution in [3.8, 4) is 0 Å². The highest BCUT2D eigenvalue weighted by Crippen LogP contribution is 2.70. The van der Waals surface area contributed by atoms with E-state index in [9.17, 15) is 9.13 Å². The van der Waals surface area contributed by atoms with E-state index < -0.39 is 20.7 Å². The molecule has 162 valence electrons. The van der Waals surface area contributed by atoms with Gasteiger partial charge in [-0.25, -0.2) is 4.98 Å². The van der Waals surface area contributed by atoms with E-state index >= 15 is 0 Å². The lowest BCUT2D eigenvalue weighted by Gasteiger charge is -2.32. The average Bonchev–Trinajstić information content (AvgIpc) is 2.66. The summed E-state index contributed by atoms with van der Waals surface area (Å²) in [5, 5.41) is 3.85. The van der Waals surface area contributed by atoms with E-state index in [0.717, 1.165) is 23.7 Å². The molecule has 0 aliphatic rings. The molecule has 0 aliphatic heterocycles. The minimum atomic E-state index is -3.88. The highest BCUT2D eigenvalue weighted by Gasteiger charge is 2.51.